The van der Waals surface area contributed by atoms with Gasteiger partial charge in [-0.05, 0) is 36.1 Å². The third kappa shape index (κ3) is 6.71. The Balaban J connectivity index is 1.45. The molecule has 0 bridgehead atoms. The first kappa shape index (κ1) is 23.1. The summed E-state index contributed by atoms with van der Waals surface area (Å²) >= 11 is 6.20. The molecule has 1 fully saturated rings. The summed E-state index contributed by atoms with van der Waals surface area (Å²) in [5.41, 5.74) is 2.00. The van der Waals surface area contributed by atoms with Crippen LogP contribution in [0.25, 0.3) is 0 Å². The van der Waals surface area contributed by atoms with Crippen LogP contribution in [0.2, 0.25) is 5.02 Å². The lowest BCUT2D eigenvalue weighted by molar-refractivity contribution is -0.121. The lowest BCUT2D eigenvalue weighted by Crippen LogP contribution is -2.45. The highest BCUT2D eigenvalue weighted by atomic mass is 35.5. The molecule has 0 radical (unpaired) electrons. The number of carbonyl (C=O) groups is 2. The number of benzene rings is 2. The summed E-state index contributed by atoms with van der Waals surface area (Å²) in [5.74, 6) is -0.0843. The van der Waals surface area contributed by atoms with Crippen LogP contribution < -0.4 is 10.6 Å². The summed E-state index contributed by atoms with van der Waals surface area (Å²) in [5, 5.41) is 6.55. The van der Waals surface area contributed by atoms with Gasteiger partial charge in [-0.15, -0.1) is 0 Å². The molecule has 2 aromatic carbocycles. The van der Waals surface area contributed by atoms with E-state index in [2.05, 4.69) is 16.7 Å². The van der Waals surface area contributed by atoms with E-state index < -0.39 is 0 Å². The van der Waals surface area contributed by atoms with Gasteiger partial charge in [0.1, 0.15) is 0 Å². The molecule has 6 nitrogen and oxygen atoms in total. The minimum absolute atomic E-state index is 0.0843. The standard InChI is InChI=1S/C24H30ClN3O3/c1-28(17-19-6-3-2-4-7-19)23(30)26-13-10-22(29)27-18-24(11-14-31-15-12-24)20-8-5-9-21(25)16-20/h2-9,16H,10-15,17-18H2,1H3,(H,26,30)(H,27,29). The van der Waals surface area contributed by atoms with E-state index in [4.69, 9.17) is 16.3 Å². The molecule has 0 aliphatic carbocycles. The maximum Gasteiger partial charge on any atom is 0.317 e. The lowest BCUT2D eigenvalue weighted by atomic mass is 9.74. The highest BCUT2D eigenvalue weighted by Crippen LogP contribution is 2.35. The Morgan fingerprint density at radius 2 is 1.81 bits per heavy atom. The first-order valence-corrected chi connectivity index (χ1v) is 11.0. The second-order valence-corrected chi connectivity index (χ2v) is 8.44. The van der Waals surface area contributed by atoms with Crippen molar-refractivity contribution in [2.45, 2.75) is 31.2 Å². The number of halogens is 1. The number of ether oxygens (including phenoxy) is 1. The Hall–Kier alpha value is -2.57. The van der Waals surface area contributed by atoms with Crippen molar-refractivity contribution in [2.24, 2.45) is 0 Å². The summed E-state index contributed by atoms with van der Waals surface area (Å²) in [4.78, 5) is 26.3. The van der Waals surface area contributed by atoms with Crippen molar-refractivity contribution in [3.63, 3.8) is 0 Å². The highest BCUT2D eigenvalue weighted by molar-refractivity contribution is 6.30. The molecule has 7 heteroatoms. The third-order valence-electron chi connectivity index (χ3n) is 5.75. The molecule has 2 N–H and O–H groups in total. The van der Waals surface area contributed by atoms with E-state index >= 15 is 0 Å². The van der Waals surface area contributed by atoms with Crippen molar-refractivity contribution in [3.8, 4) is 0 Å². The van der Waals surface area contributed by atoms with Crippen LogP contribution >= 0.6 is 11.6 Å². The van der Waals surface area contributed by atoms with Gasteiger partial charge >= 0.3 is 6.03 Å². The maximum absolute atomic E-state index is 12.4. The van der Waals surface area contributed by atoms with Gasteiger partial charge in [-0.25, -0.2) is 4.79 Å². The SMILES string of the molecule is CN(Cc1ccccc1)C(=O)NCCC(=O)NCC1(c2cccc(Cl)c2)CCOCC1. The molecule has 0 saturated carbocycles. The van der Waals surface area contributed by atoms with Gasteiger partial charge in [0, 0.05) is 56.8 Å². The molecule has 1 saturated heterocycles. The summed E-state index contributed by atoms with van der Waals surface area (Å²) in [7, 11) is 1.74. The second-order valence-electron chi connectivity index (χ2n) is 8.00. The molecule has 0 atom stereocenters. The fourth-order valence-electron chi connectivity index (χ4n) is 3.85. The van der Waals surface area contributed by atoms with Gasteiger partial charge in [0.2, 0.25) is 5.91 Å². The Morgan fingerprint density at radius 3 is 2.52 bits per heavy atom. The van der Waals surface area contributed by atoms with Gasteiger partial charge in [0.05, 0.1) is 0 Å². The zero-order chi connectivity index (χ0) is 22.1. The molecule has 0 spiro atoms. The van der Waals surface area contributed by atoms with E-state index in [0.717, 1.165) is 24.0 Å². The molecule has 31 heavy (non-hydrogen) atoms. The summed E-state index contributed by atoms with van der Waals surface area (Å²) in [6.07, 6.45) is 1.89. The molecule has 1 aliphatic heterocycles. The van der Waals surface area contributed by atoms with Gasteiger partial charge in [0.15, 0.2) is 0 Å². The lowest BCUT2D eigenvalue weighted by Gasteiger charge is -2.38. The topological polar surface area (TPSA) is 70.7 Å². The van der Waals surface area contributed by atoms with Crippen LogP contribution in [0.15, 0.2) is 54.6 Å². The number of nitrogens with zero attached hydrogens (tertiary/aromatic N) is 1. The van der Waals surface area contributed by atoms with Gasteiger partial charge in [-0.2, -0.15) is 0 Å². The van der Waals surface area contributed by atoms with Crippen molar-refractivity contribution < 1.29 is 14.3 Å². The average Bonchev–Trinajstić information content (AvgIpc) is 2.79. The molecular formula is C24H30ClN3O3. The molecule has 166 valence electrons. The van der Waals surface area contributed by atoms with Crippen LogP contribution in [0.5, 0.6) is 0 Å². The van der Waals surface area contributed by atoms with Crippen LogP contribution in [-0.2, 0) is 21.5 Å². The Labute approximate surface area is 188 Å². The Bertz CT molecular complexity index is 869. The molecule has 1 aliphatic rings. The monoisotopic (exact) mass is 443 g/mol. The van der Waals surface area contributed by atoms with Crippen molar-refractivity contribution in [3.05, 3.63) is 70.7 Å². The summed E-state index contributed by atoms with van der Waals surface area (Å²) in [6, 6.07) is 17.4. The predicted molar refractivity (Wildman–Crippen MR) is 122 cm³/mol. The van der Waals surface area contributed by atoms with E-state index in [1.165, 1.54) is 0 Å². The first-order valence-electron chi connectivity index (χ1n) is 10.6. The van der Waals surface area contributed by atoms with Crippen molar-refractivity contribution in [1.29, 1.82) is 0 Å². The number of amides is 3. The van der Waals surface area contributed by atoms with Gasteiger partial charge < -0.3 is 20.3 Å². The molecule has 0 aromatic heterocycles. The predicted octanol–water partition coefficient (Wildman–Crippen LogP) is 3.74. The first-order chi connectivity index (χ1) is 15.0. The van der Waals surface area contributed by atoms with Crippen molar-refractivity contribution >= 4 is 23.5 Å². The average molecular weight is 444 g/mol. The van der Waals surface area contributed by atoms with Crippen molar-refractivity contribution in [1.82, 2.24) is 15.5 Å². The number of nitrogens with one attached hydrogen (secondary N) is 2. The van der Waals surface area contributed by atoms with Crippen LogP contribution in [0.1, 0.15) is 30.4 Å². The molecule has 1 heterocycles. The number of hydrogen-bond acceptors (Lipinski definition) is 3. The summed E-state index contributed by atoms with van der Waals surface area (Å²) < 4.78 is 5.54. The largest absolute Gasteiger partial charge is 0.381 e. The normalized spacial score (nSPS) is 15.2. The van der Waals surface area contributed by atoms with Crippen LogP contribution in [-0.4, -0.2) is 50.2 Å². The van der Waals surface area contributed by atoms with Crippen LogP contribution in [0.3, 0.4) is 0 Å². The fraction of sp³-hybridized carbons (Fsp3) is 0.417. The number of carbonyl (C=O) groups excluding carboxylic acids is 2. The zero-order valence-electron chi connectivity index (χ0n) is 17.9. The van der Waals surface area contributed by atoms with E-state index in [0.29, 0.717) is 31.3 Å². The molecule has 2 aromatic rings. The molecular weight excluding hydrogens is 414 g/mol. The number of hydrogen-bond donors (Lipinski definition) is 2. The molecule has 3 rings (SSSR count). The smallest absolute Gasteiger partial charge is 0.317 e. The van der Waals surface area contributed by atoms with E-state index in [1.54, 1.807) is 11.9 Å². The number of urea groups is 1. The minimum Gasteiger partial charge on any atom is -0.381 e. The van der Waals surface area contributed by atoms with Gasteiger partial charge in [0.25, 0.3) is 0 Å². The quantitative estimate of drug-likeness (QED) is 0.653. The third-order valence-corrected chi connectivity index (χ3v) is 5.98. The maximum atomic E-state index is 12.4. The number of rotatable bonds is 8. The van der Waals surface area contributed by atoms with E-state index in [9.17, 15) is 9.59 Å². The van der Waals surface area contributed by atoms with Crippen LogP contribution in [0.4, 0.5) is 4.79 Å². The van der Waals surface area contributed by atoms with E-state index in [-0.39, 0.29) is 30.3 Å². The van der Waals surface area contributed by atoms with Gasteiger partial charge in [-0.1, -0.05) is 54.1 Å². The van der Waals surface area contributed by atoms with Crippen LogP contribution in [0, 0.1) is 0 Å². The second kappa shape index (κ2) is 11.2. The molecule has 3 amide bonds. The Kier molecular flexibility index (Phi) is 8.32. The van der Waals surface area contributed by atoms with Crippen molar-refractivity contribution in [2.75, 3.05) is 33.4 Å². The van der Waals surface area contributed by atoms with E-state index in [1.807, 2.05) is 48.5 Å². The van der Waals surface area contributed by atoms with Gasteiger partial charge in [-0.3, -0.25) is 4.79 Å². The summed E-state index contributed by atoms with van der Waals surface area (Å²) in [6.45, 7) is 2.65. The minimum atomic E-state index is -0.198. The highest BCUT2D eigenvalue weighted by Gasteiger charge is 2.35. The zero-order valence-corrected chi connectivity index (χ0v) is 18.7. The fourth-order valence-corrected chi connectivity index (χ4v) is 4.04. The Morgan fingerprint density at radius 1 is 1.06 bits per heavy atom. The molecule has 0 unspecified atom stereocenters.